The van der Waals surface area contributed by atoms with Crippen molar-refractivity contribution in [2.24, 2.45) is 18.9 Å². The van der Waals surface area contributed by atoms with E-state index in [9.17, 15) is 9.59 Å². The first-order chi connectivity index (χ1) is 11.9. The van der Waals surface area contributed by atoms with Crippen LogP contribution in [0.2, 0.25) is 0 Å². The molecule has 3 heterocycles. The Balaban J connectivity index is 1.61. The number of aryl methyl sites for hydroxylation is 1. The highest BCUT2D eigenvalue weighted by atomic mass is 16.5. The molecule has 2 fully saturated rings. The summed E-state index contributed by atoms with van der Waals surface area (Å²) in [5.74, 6) is 1.39. The minimum absolute atomic E-state index is 0.00898. The number of carbonyl (C=O) groups excluding carboxylic acids is 2. The van der Waals surface area contributed by atoms with E-state index < -0.39 is 0 Å². The lowest BCUT2D eigenvalue weighted by molar-refractivity contribution is -0.132. The van der Waals surface area contributed by atoms with Gasteiger partial charge in [0.25, 0.3) is 11.8 Å². The average molecular weight is 348 g/mol. The molecule has 0 aromatic carbocycles. The standard InChI is InChI=1S/C18H28N4O3/c1-13-8-14(2)11-22(10-13)18(24)15-9-17(20(3)19-15)25-12-16(23)21-6-4-5-7-21/h9,13-14H,4-8,10-12H2,1-3H3. The minimum atomic E-state index is -0.0604. The molecule has 2 aliphatic heterocycles. The normalized spacial score (nSPS) is 23.8. The van der Waals surface area contributed by atoms with E-state index >= 15 is 0 Å². The lowest BCUT2D eigenvalue weighted by Gasteiger charge is -2.34. The van der Waals surface area contributed by atoms with Gasteiger partial charge in [0, 0.05) is 39.3 Å². The number of ether oxygens (including phenoxy) is 1. The van der Waals surface area contributed by atoms with Crippen molar-refractivity contribution in [1.29, 1.82) is 0 Å². The van der Waals surface area contributed by atoms with E-state index in [2.05, 4.69) is 18.9 Å². The van der Waals surface area contributed by atoms with Gasteiger partial charge < -0.3 is 14.5 Å². The molecule has 2 atom stereocenters. The second-order valence-electron chi connectivity index (χ2n) is 7.52. The number of carbonyl (C=O) groups is 2. The number of nitrogens with zero attached hydrogens (tertiary/aromatic N) is 4. The molecule has 2 unspecified atom stereocenters. The van der Waals surface area contributed by atoms with Gasteiger partial charge in [0.05, 0.1) is 0 Å². The summed E-state index contributed by atoms with van der Waals surface area (Å²) in [5.41, 5.74) is 0.382. The molecular weight excluding hydrogens is 320 g/mol. The third-order valence-corrected chi connectivity index (χ3v) is 5.01. The summed E-state index contributed by atoms with van der Waals surface area (Å²) in [7, 11) is 1.73. The molecule has 1 aromatic rings. The molecule has 0 saturated carbocycles. The van der Waals surface area contributed by atoms with Crippen molar-refractivity contribution in [3.05, 3.63) is 11.8 Å². The molecule has 2 saturated heterocycles. The fourth-order valence-electron chi connectivity index (χ4n) is 3.87. The van der Waals surface area contributed by atoms with Crippen molar-refractivity contribution >= 4 is 11.8 Å². The summed E-state index contributed by atoms with van der Waals surface area (Å²) >= 11 is 0. The van der Waals surface area contributed by atoms with Crippen molar-refractivity contribution in [3.63, 3.8) is 0 Å². The summed E-state index contributed by atoms with van der Waals surface area (Å²) in [4.78, 5) is 28.5. The Morgan fingerprint density at radius 3 is 2.44 bits per heavy atom. The fraction of sp³-hybridized carbons (Fsp3) is 0.722. The molecule has 0 aliphatic carbocycles. The Kier molecular flexibility index (Phi) is 5.30. The first-order valence-electron chi connectivity index (χ1n) is 9.18. The highest BCUT2D eigenvalue weighted by Gasteiger charge is 2.28. The monoisotopic (exact) mass is 348 g/mol. The van der Waals surface area contributed by atoms with Crippen molar-refractivity contribution in [2.75, 3.05) is 32.8 Å². The second-order valence-corrected chi connectivity index (χ2v) is 7.52. The van der Waals surface area contributed by atoms with Gasteiger partial charge in [-0.25, -0.2) is 4.68 Å². The molecular formula is C18H28N4O3. The molecule has 2 aliphatic rings. The topological polar surface area (TPSA) is 67.7 Å². The summed E-state index contributed by atoms with van der Waals surface area (Å²) in [6.07, 6.45) is 3.27. The Labute approximate surface area is 148 Å². The van der Waals surface area contributed by atoms with Gasteiger partial charge in [-0.1, -0.05) is 13.8 Å². The van der Waals surface area contributed by atoms with Crippen molar-refractivity contribution < 1.29 is 14.3 Å². The molecule has 3 rings (SSSR count). The molecule has 0 spiro atoms. The molecule has 0 N–H and O–H groups in total. The van der Waals surface area contributed by atoms with Crippen LogP contribution in [-0.4, -0.2) is 64.2 Å². The van der Waals surface area contributed by atoms with Gasteiger partial charge in [-0.2, -0.15) is 5.10 Å². The van der Waals surface area contributed by atoms with Crippen LogP contribution in [0.15, 0.2) is 6.07 Å². The third kappa shape index (κ3) is 4.14. The zero-order valence-electron chi connectivity index (χ0n) is 15.4. The summed E-state index contributed by atoms with van der Waals surface area (Å²) in [6.45, 7) is 7.49. The van der Waals surface area contributed by atoms with Crippen LogP contribution in [0.5, 0.6) is 5.88 Å². The zero-order valence-corrected chi connectivity index (χ0v) is 15.4. The number of hydrogen-bond donors (Lipinski definition) is 0. The van der Waals surface area contributed by atoms with Crippen molar-refractivity contribution in [1.82, 2.24) is 19.6 Å². The number of likely N-dealkylation sites (tertiary alicyclic amines) is 2. The summed E-state index contributed by atoms with van der Waals surface area (Å²) < 4.78 is 7.14. The number of amides is 2. The van der Waals surface area contributed by atoms with Gasteiger partial charge in [0.2, 0.25) is 5.88 Å². The number of hydrogen-bond acceptors (Lipinski definition) is 4. The maximum absolute atomic E-state index is 12.7. The molecule has 2 amide bonds. The van der Waals surface area contributed by atoms with E-state index in [1.54, 1.807) is 13.1 Å². The van der Waals surface area contributed by atoms with E-state index in [1.807, 2.05) is 9.80 Å². The number of piperidine rings is 1. The van der Waals surface area contributed by atoms with Gasteiger partial charge in [-0.05, 0) is 31.1 Å². The van der Waals surface area contributed by atoms with Gasteiger partial charge in [-0.3, -0.25) is 9.59 Å². The lowest BCUT2D eigenvalue weighted by Crippen LogP contribution is -2.42. The average Bonchev–Trinajstić information content (AvgIpc) is 3.21. The third-order valence-electron chi connectivity index (χ3n) is 5.01. The smallest absolute Gasteiger partial charge is 0.274 e. The largest absolute Gasteiger partial charge is 0.468 e. The molecule has 25 heavy (non-hydrogen) atoms. The van der Waals surface area contributed by atoms with Crippen LogP contribution in [0, 0.1) is 11.8 Å². The first-order valence-corrected chi connectivity index (χ1v) is 9.18. The maximum Gasteiger partial charge on any atom is 0.274 e. The zero-order chi connectivity index (χ0) is 18.0. The highest BCUT2D eigenvalue weighted by Crippen LogP contribution is 2.23. The van der Waals surface area contributed by atoms with Crippen LogP contribution < -0.4 is 4.74 Å². The first kappa shape index (κ1) is 17.8. The molecule has 0 radical (unpaired) electrons. The highest BCUT2D eigenvalue weighted by molar-refractivity contribution is 5.92. The molecule has 138 valence electrons. The van der Waals surface area contributed by atoms with Gasteiger partial charge in [-0.15, -0.1) is 0 Å². The molecule has 0 bridgehead atoms. The van der Waals surface area contributed by atoms with E-state index in [4.69, 9.17) is 4.74 Å². The van der Waals surface area contributed by atoms with Crippen LogP contribution in [-0.2, 0) is 11.8 Å². The van der Waals surface area contributed by atoms with Crippen LogP contribution in [0.25, 0.3) is 0 Å². The van der Waals surface area contributed by atoms with E-state index in [0.29, 0.717) is 23.4 Å². The summed E-state index contributed by atoms with van der Waals surface area (Å²) in [5, 5.41) is 4.29. The molecule has 1 aromatic heterocycles. The van der Waals surface area contributed by atoms with E-state index in [1.165, 1.54) is 4.68 Å². The second kappa shape index (κ2) is 7.45. The Morgan fingerprint density at radius 2 is 1.80 bits per heavy atom. The maximum atomic E-state index is 12.7. The number of aromatic nitrogens is 2. The fourth-order valence-corrected chi connectivity index (χ4v) is 3.87. The van der Waals surface area contributed by atoms with Crippen LogP contribution >= 0.6 is 0 Å². The van der Waals surface area contributed by atoms with Gasteiger partial charge in [0.1, 0.15) is 0 Å². The van der Waals surface area contributed by atoms with Gasteiger partial charge in [0.15, 0.2) is 12.3 Å². The Morgan fingerprint density at radius 1 is 1.16 bits per heavy atom. The Bertz CT molecular complexity index is 626. The lowest BCUT2D eigenvalue weighted by atomic mass is 9.92. The van der Waals surface area contributed by atoms with Crippen molar-refractivity contribution in [3.8, 4) is 5.88 Å². The SMILES string of the molecule is CC1CC(C)CN(C(=O)c2cc(OCC(=O)N3CCCC3)n(C)n2)C1. The van der Waals surface area contributed by atoms with E-state index in [0.717, 1.165) is 45.4 Å². The summed E-state index contributed by atoms with van der Waals surface area (Å²) in [6, 6.07) is 1.64. The molecule has 7 nitrogen and oxygen atoms in total. The van der Waals surface area contributed by atoms with Crippen molar-refractivity contribution in [2.45, 2.75) is 33.1 Å². The molecule has 7 heteroatoms. The van der Waals surface area contributed by atoms with Gasteiger partial charge >= 0.3 is 0 Å². The minimum Gasteiger partial charge on any atom is -0.468 e. The predicted octanol–water partition coefficient (Wildman–Crippen LogP) is 1.54. The quantitative estimate of drug-likeness (QED) is 0.828. The van der Waals surface area contributed by atoms with E-state index in [-0.39, 0.29) is 18.4 Å². The van der Waals surface area contributed by atoms with Crippen LogP contribution in [0.3, 0.4) is 0 Å². The Hall–Kier alpha value is -2.05. The van der Waals surface area contributed by atoms with Crippen LogP contribution in [0.1, 0.15) is 43.6 Å². The van der Waals surface area contributed by atoms with Crippen LogP contribution in [0.4, 0.5) is 0 Å². The predicted molar refractivity (Wildman–Crippen MR) is 93.4 cm³/mol. The number of rotatable bonds is 4.